The maximum absolute atomic E-state index is 10.6. The fraction of sp³-hybridized carbons (Fsp3) is 0.615. The summed E-state index contributed by atoms with van der Waals surface area (Å²) in [5.41, 5.74) is 1.30. The summed E-state index contributed by atoms with van der Waals surface area (Å²) in [5, 5.41) is 7.12. The van der Waals surface area contributed by atoms with Crippen LogP contribution < -0.4 is 0 Å². The molecule has 0 aromatic carbocycles. The van der Waals surface area contributed by atoms with E-state index in [9.17, 15) is 13.2 Å². The first-order chi connectivity index (χ1) is 9.88. The summed E-state index contributed by atoms with van der Waals surface area (Å²) in [7, 11) is 0. The molecule has 21 heavy (non-hydrogen) atoms. The molecular formula is C13H16F3N3O2. The topological polar surface area (TPSA) is 66.3 Å². The molecule has 1 aromatic rings. The van der Waals surface area contributed by atoms with Crippen molar-refractivity contribution in [2.75, 3.05) is 13.1 Å². The number of carboxylic acids is 1. The van der Waals surface area contributed by atoms with Gasteiger partial charge in [0.05, 0.1) is 0 Å². The fourth-order valence-electron chi connectivity index (χ4n) is 2.79. The lowest BCUT2D eigenvalue weighted by Gasteiger charge is -2.45. The summed E-state index contributed by atoms with van der Waals surface area (Å²) in [4.78, 5) is 19.7. The molecule has 116 valence electrons. The van der Waals surface area contributed by atoms with Crippen molar-refractivity contribution in [2.24, 2.45) is 5.92 Å². The minimum absolute atomic E-state index is 0.601. The maximum atomic E-state index is 10.6. The van der Waals surface area contributed by atoms with Crippen LogP contribution in [-0.4, -0.2) is 45.2 Å². The number of halogens is 3. The Morgan fingerprint density at radius 3 is 2.14 bits per heavy atom. The van der Waals surface area contributed by atoms with Gasteiger partial charge in [-0.1, -0.05) is 0 Å². The summed E-state index contributed by atoms with van der Waals surface area (Å²) >= 11 is 0. The second kappa shape index (κ2) is 6.38. The van der Waals surface area contributed by atoms with Crippen LogP contribution in [0.4, 0.5) is 13.2 Å². The van der Waals surface area contributed by atoms with Gasteiger partial charge in [-0.05, 0) is 38.3 Å². The van der Waals surface area contributed by atoms with Gasteiger partial charge in [0.2, 0.25) is 0 Å². The van der Waals surface area contributed by atoms with Crippen LogP contribution in [0, 0.1) is 5.92 Å². The Kier molecular flexibility index (Phi) is 4.76. The maximum Gasteiger partial charge on any atom is 0.490 e. The lowest BCUT2D eigenvalue weighted by Crippen LogP contribution is -2.43. The molecule has 3 fully saturated rings. The van der Waals surface area contributed by atoms with E-state index in [1.54, 1.807) is 6.33 Å². The standard InChI is InChI=1S/C11H15N3.C2HF3O2/c1-3-14-4-2-9(1)5-11(14)10-6-12-8-13-7-10;3-2(4,5)1(6)7/h6-9,11H,1-5H2;(H,6,7). The van der Waals surface area contributed by atoms with Crippen LogP contribution in [0.25, 0.3) is 0 Å². The van der Waals surface area contributed by atoms with Crippen LogP contribution in [0.15, 0.2) is 18.7 Å². The zero-order valence-corrected chi connectivity index (χ0v) is 11.3. The molecule has 0 radical (unpaired) electrons. The zero-order valence-electron chi connectivity index (χ0n) is 11.3. The van der Waals surface area contributed by atoms with Gasteiger partial charge in [0.25, 0.3) is 0 Å². The number of nitrogens with zero attached hydrogens (tertiary/aromatic N) is 3. The van der Waals surface area contributed by atoms with Gasteiger partial charge in [-0.25, -0.2) is 14.8 Å². The van der Waals surface area contributed by atoms with Crippen molar-refractivity contribution in [2.45, 2.75) is 31.5 Å². The highest BCUT2D eigenvalue weighted by molar-refractivity contribution is 5.73. The van der Waals surface area contributed by atoms with E-state index in [4.69, 9.17) is 9.90 Å². The predicted molar refractivity (Wildman–Crippen MR) is 67.4 cm³/mol. The average Bonchev–Trinajstić information content (AvgIpc) is 2.49. The third kappa shape index (κ3) is 4.13. The Hall–Kier alpha value is -1.70. The first-order valence-corrected chi connectivity index (χ1v) is 6.67. The Morgan fingerprint density at radius 1 is 1.24 bits per heavy atom. The highest BCUT2D eigenvalue weighted by Gasteiger charge is 2.38. The number of aliphatic carboxylic acids is 1. The molecule has 1 atom stereocenters. The number of alkyl halides is 3. The number of aromatic nitrogens is 2. The molecule has 1 N–H and O–H groups in total. The Morgan fingerprint density at radius 2 is 1.76 bits per heavy atom. The van der Waals surface area contributed by atoms with Gasteiger partial charge in [0.1, 0.15) is 6.33 Å². The van der Waals surface area contributed by atoms with E-state index < -0.39 is 12.1 Å². The normalized spacial score (nSPS) is 27.7. The highest BCUT2D eigenvalue weighted by atomic mass is 19.4. The van der Waals surface area contributed by atoms with Gasteiger partial charge in [0, 0.05) is 24.0 Å². The van der Waals surface area contributed by atoms with Crippen molar-refractivity contribution in [1.29, 1.82) is 0 Å². The second-order valence-electron chi connectivity index (χ2n) is 5.21. The quantitative estimate of drug-likeness (QED) is 0.862. The number of rotatable bonds is 1. The molecule has 1 unspecified atom stereocenters. The molecular weight excluding hydrogens is 287 g/mol. The largest absolute Gasteiger partial charge is 0.490 e. The first kappa shape index (κ1) is 15.7. The molecule has 5 nitrogen and oxygen atoms in total. The molecule has 4 heterocycles. The van der Waals surface area contributed by atoms with Crippen LogP contribution in [0.5, 0.6) is 0 Å². The van der Waals surface area contributed by atoms with E-state index in [0.29, 0.717) is 6.04 Å². The van der Waals surface area contributed by atoms with Crippen molar-refractivity contribution in [3.8, 4) is 0 Å². The van der Waals surface area contributed by atoms with Crippen molar-refractivity contribution in [1.82, 2.24) is 14.9 Å². The molecule has 0 spiro atoms. The van der Waals surface area contributed by atoms with E-state index in [1.807, 2.05) is 12.4 Å². The molecule has 3 aliphatic rings. The fourth-order valence-corrected chi connectivity index (χ4v) is 2.79. The predicted octanol–water partition coefficient (Wildman–Crippen LogP) is 2.27. The highest BCUT2D eigenvalue weighted by Crippen LogP contribution is 2.39. The Bertz CT molecular complexity index is 473. The van der Waals surface area contributed by atoms with E-state index in [2.05, 4.69) is 14.9 Å². The minimum Gasteiger partial charge on any atom is -0.475 e. The van der Waals surface area contributed by atoms with Crippen LogP contribution >= 0.6 is 0 Å². The van der Waals surface area contributed by atoms with Gasteiger partial charge in [-0.15, -0.1) is 0 Å². The Labute approximate surface area is 119 Å². The van der Waals surface area contributed by atoms with Gasteiger partial charge < -0.3 is 5.11 Å². The van der Waals surface area contributed by atoms with Crippen LogP contribution in [-0.2, 0) is 4.79 Å². The van der Waals surface area contributed by atoms with Crippen LogP contribution in [0.2, 0.25) is 0 Å². The number of fused-ring (bicyclic) bond motifs is 3. The molecule has 3 saturated heterocycles. The van der Waals surface area contributed by atoms with Gasteiger partial charge in [-0.2, -0.15) is 13.2 Å². The Balaban J connectivity index is 0.000000199. The number of carboxylic acid groups (broad SMARTS) is 1. The third-order valence-corrected chi connectivity index (χ3v) is 3.85. The van der Waals surface area contributed by atoms with Crippen molar-refractivity contribution in [3.05, 3.63) is 24.3 Å². The third-order valence-electron chi connectivity index (χ3n) is 3.85. The summed E-state index contributed by atoms with van der Waals surface area (Å²) in [5.74, 6) is -1.81. The second-order valence-corrected chi connectivity index (χ2v) is 5.21. The smallest absolute Gasteiger partial charge is 0.475 e. The van der Waals surface area contributed by atoms with Gasteiger partial charge in [0.15, 0.2) is 0 Å². The first-order valence-electron chi connectivity index (χ1n) is 6.67. The molecule has 4 rings (SSSR count). The summed E-state index contributed by atoms with van der Waals surface area (Å²) in [6.07, 6.45) is 4.57. The number of piperidine rings is 3. The molecule has 0 aliphatic carbocycles. The zero-order chi connectivity index (χ0) is 15.5. The van der Waals surface area contributed by atoms with E-state index >= 15 is 0 Å². The molecule has 0 amide bonds. The van der Waals surface area contributed by atoms with Gasteiger partial charge in [-0.3, -0.25) is 4.90 Å². The van der Waals surface area contributed by atoms with Crippen LogP contribution in [0.3, 0.4) is 0 Å². The van der Waals surface area contributed by atoms with Gasteiger partial charge >= 0.3 is 12.1 Å². The van der Waals surface area contributed by atoms with E-state index in [-0.39, 0.29) is 0 Å². The van der Waals surface area contributed by atoms with Crippen molar-refractivity contribution in [3.63, 3.8) is 0 Å². The molecule has 1 aromatic heterocycles. The minimum atomic E-state index is -5.08. The lowest BCUT2D eigenvalue weighted by atomic mass is 9.81. The molecule has 3 aliphatic heterocycles. The summed E-state index contributed by atoms with van der Waals surface area (Å²) < 4.78 is 31.7. The molecule has 8 heteroatoms. The molecule has 2 bridgehead atoms. The SMILES string of the molecule is O=C(O)C(F)(F)F.c1ncc(C2CC3CCN2CC3)cn1. The number of hydrogen-bond donors (Lipinski definition) is 1. The average molecular weight is 303 g/mol. The number of carbonyl (C=O) groups is 1. The van der Waals surface area contributed by atoms with E-state index in [0.717, 1.165) is 5.92 Å². The molecule has 0 saturated carbocycles. The summed E-state index contributed by atoms with van der Waals surface area (Å²) in [6.45, 7) is 2.54. The monoisotopic (exact) mass is 303 g/mol. The van der Waals surface area contributed by atoms with Crippen molar-refractivity contribution < 1.29 is 23.1 Å². The van der Waals surface area contributed by atoms with E-state index in [1.165, 1.54) is 37.9 Å². The van der Waals surface area contributed by atoms with Crippen LogP contribution in [0.1, 0.15) is 30.9 Å². The summed E-state index contributed by atoms with van der Waals surface area (Å²) in [6, 6.07) is 0.601. The number of hydrogen-bond acceptors (Lipinski definition) is 4. The van der Waals surface area contributed by atoms with Crippen molar-refractivity contribution >= 4 is 5.97 Å². The lowest BCUT2D eigenvalue weighted by molar-refractivity contribution is -0.192.